The van der Waals surface area contributed by atoms with Crippen molar-refractivity contribution in [3.63, 3.8) is 0 Å². The highest BCUT2D eigenvalue weighted by atomic mass is 35.5. The van der Waals surface area contributed by atoms with E-state index >= 15 is 0 Å². The molecule has 1 rings (SSSR count). The second kappa shape index (κ2) is 5.14. The Morgan fingerprint density at radius 3 is 2.80 bits per heavy atom. The van der Waals surface area contributed by atoms with Crippen LogP contribution in [0.3, 0.4) is 0 Å². The Morgan fingerprint density at radius 1 is 1.60 bits per heavy atom. The first kappa shape index (κ1) is 12.7. The first-order valence-electron chi connectivity index (χ1n) is 4.55. The Labute approximate surface area is 94.3 Å². The molecule has 0 aromatic rings. The number of halogens is 1. The van der Waals surface area contributed by atoms with Crippen LogP contribution < -0.4 is 0 Å². The largest absolute Gasteiger partial charge is 0.373 e. The van der Waals surface area contributed by atoms with E-state index < -0.39 is 15.6 Å². The molecule has 0 aromatic carbocycles. The summed E-state index contributed by atoms with van der Waals surface area (Å²) in [6.07, 6.45) is 0.855. The Morgan fingerprint density at radius 2 is 2.27 bits per heavy atom. The number of hydrogen-bond donors (Lipinski definition) is 0. The standard InChI is InChI=1S/C8H14ClNO4S/c1-15(12,13)6-8(11)10-2-3-14-7(4-9)5-10/h7H,2-6H2,1H3. The van der Waals surface area contributed by atoms with E-state index in [4.69, 9.17) is 16.3 Å². The molecule has 15 heavy (non-hydrogen) atoms. The SMILES string of the molecule is CS(=O)(=O)CC(=O)N1CCOC(CCl)C1. The van der Waals surface area contributed by atoms with Crippen molar-refractivity contribution in [3.8, 4) is 0 Å². The van der Waals surface area contributed by atoms with Crippen LogP contribution in [0.4, 0.5) is 0 Å². The van der Waals surface area contributed by atoms with E-state index in [0.717, 1.165) is 6.26 Å². The molecule has 0 saturated carbocycles. The van der Waals surface area contributed by atoms with Gasteiger partial charge in [-0.1, -0.05) is 0 Å². The molecule has 7 heteroatoms. The van der Waals surface area contributed by atoms with Gasteiger partial charge < -0.3 is 9.64 Å². The van der Waals surface area contributed by atoms with Crippen molar-refractivity contribution in [1.82, 2.24) is 4.90 Å². The molecule has 1 saturated heterocycles. The average molecular weight is 256 g/mol. The van der Waals surface area contributed by atoms with Gasteiger partial charge in [0.05, 0.1) is 18.6 Å². The fourth-order valence-corrected chi connectivity index (χ4v) is 2.17. The summed E-state index contributed by atoms with van der Waals surface area (Å²) < 4.78 is 27.1. The van der Waals surface area contributed by atoms with Gasteiger partial charge in [-0.05, 0) is 0 Å². The lowest BCUT2D eigenvalue weighted by molar-refractivity contribution is -0.135. The minimum atomic E-state index is -3.26. The third-order valence-corrected chi connectivity index (χ3v) is 3.16. The summed E-state index contributed by atoms with van der Waals surface area (Å²) in [6.45, 7) is 1.21. The predicted octanol–water partition coefficient (Wildman–Crippen LogP) is -0.503. The second-order valence-electron chi connectivity index (χ2n) is 3.56. The number of amides is 1. The molecule has 0 aliphatic carbocycles. The van der Waals surface area contributed by atoms with Crippen molar-refractivity contribution >= 4 is 27.3 Å². The predicted molar refractivity (Wildman–Crippen MR) is 56.8 cm³/mol. The fraction of sp³-hybridized carbons (Fsp3) is 0.875. The molecule has 1 amide bonds. The molecule has 5 nitrogen and oxygen atoms in total. The Balaban J connectivity index is 2.53. The van der Waals surface area contributed by atoms with Crippen molar-refractivity contribution in [2.75, 3.05) is 37.6 Å². The second-order valence-corrected chi connectivity index (χ2v) is 6.01. The molecule has 1 aliphatic heterocycles. The number of nitrogens with zero attached hydrogens (tertiary/aromatic N) is 1. The molecule has 0 bridgehead atoms. The zero-order chi connectivity index (χ0) is 11.5. The highest BCUT2D eigenvalue weighted by molar-refractivity contribution is 7.91. The summed E-state index contributed by atoms with van der Waals surface area (Å²) in [5, 5.41) is 0. The van der Waals surface area contributed by atoms with Crippen LogP contribution in [0.5, 0.6) is 0 Å². The monoisotopic (exact) mass is 255 g/mol. The topological polar surface area (TPSA) is 63.7 Å². The van der Waals surface area contributed by atoms with Gasteiger partial charge in [0.15, 0.2) is 9.84 Å². The van der Waals surface area contributed by atoms with Gasteiger partial charge in [-0.3, -0.25) is 4.79 Å². The molecule has 88 valence electrons. The number of carbonyl (C=O) groups excluding carboxylic acids is 1. The molecule has 0 spiro atoms. The quantitative estimate of drug-likeness (QED) is 0.638. The van der Waals surface area contributed by atoms with Crippen LogP contribution >= 0.6 is 11.6 Å². The summed E-state index contributed by atoms with van der Waals surface area (Å²) in [5.74, 6) is -0.513. The van der Waals surface area contributed by atoms with Gasteiger partial charge in [0.25, 0.3) is 0 Å². The average Bonchev–Trinajstić information content (AvgIpc) is 2.15. The van der Waals surface area contributed by atoms with Gasteiger partial charge in [-0.2, -0.15) is 0 Å². The highest BCUT2D eigenvalue weighted by Gasteiger charge is 2.25. The van der Waals surface area contributed by atoms with E-state index in [2.05, 4.69) is 0 Å². The zero-order valence-electron chi connectivity index (χ0n) is 8.48. The Hall–Kier alpha value is -0.330. The normalized spacial score (nSPS) is 22.8. The number of sulfone groups is 1. The molecule has 0 N–H and O–H groups in total. The van der Waals surface area contributed by atoms with Gasteiger partial charge in [0.1, 0.15) is 5.75 Å². The van der Waals surface area contributed by atoms with Crippen LogP contribution in [0.1, 0.15) is 0 Å². The van der Waals surface area contributed by atoms with Crippen LogP contribution in [-0.4, -0.2) is 62.9 Å². The van der Waals surface area contributed by atoms with Gasteiger partial charge in [0, 0.05) is 19.3 Å². The van der Waals surface area contributed by atoms with E-state index in [9.17, 15) is 13.2 Å². The van der Waals surface area contributed by atoms with E-state index in [0.29, 0.717) is 25.6 Å². The van der Waals surface area contributed by atoms with E-state index in [-0.39, 0.29) is 12.0 Å². The molecule has 1 aliphatic rings. The fourth-order valence-electron chi connectivity index (χ4n) is 1.35. The number of hydrogen-bond acceptors (Lipinski definition) is 4. The van der Waals surface area contributed by atoms with Crippen LogP contribution in [-0.2, 0) is 19.4 Å². The van der Waals surface area contributed by atoms with Crippen molar-refractivity contribution in [3.05, 3.63) is 0 Å². The number of ether oxygens (including phenoxy) is 1. The van der Waals surface area contributed by atoms with Crippen molar-refractivity contribution in [1.29, 1.82) is 0 Å². The van der Waals surface area contributed by atoms with Crippen molar-refractivity contribution < 1.29 is 17.9 Å². The maximum atomic E-state index is 11.5. The molecule has 0 aromatic heterocycles. The van der Waals surface area contributed by atoms with Gasteiger partial charge in [-0.15, -0.1) is 11.6 Å². The summed E-state index contributed by atoms with van der Waals surface area (Å²) in [5.41, 5.74) is 0. The molecule has 1 fully saturated rings. The summed E-state index contributed by atoms with van der Waals surface area (Å²) in [7, 11) is -3.26. The third-order valence-electron chi connectivity index (χ3n) is 2.05. The first-order chi connectivity index (χ1) is 6.92. The highest BCUT2D eigenvalue weighted by Crippen LogP contribution is 2.07. The molecular weight excluding hydrogens is 242 g/mol. The summed E-state index contributed by atoms with van der Waals surface area (Å²) in [6, 6.07) is 0. The van der Waals surface area contributed by atoms with Crippen LogP contribution in [0.2, 0.25) is 0 Å². The number of rotatable bonds is 3. The third kappa shape index (κ3) is 4.36. The lowest BCUT2D eigenvalue weighted by Gasteiger charge is -2.31. The molecule has 0 radical (unpaired) electrons. The minimum absolute atomic E-state index is 0.191. The maximum absolute atomic E-state index is 11.5. The zero-order valence-corrected chi connectivity index (χ0v) is 10.1. The van der Waals surface area contributed by atoms with Gasteiger partial charge >= 0.3 is 0 Å². The molecule has 1 atom stereocenters. The minimum Gasteiger partial charge on any atom is -0.373 e. The van der Waals surface area contributed by atoms with Gasteiger partial charge in [-0.25, -0.2) is 8.42 Å². The molecule has 1 heterocycles. The van der Waals surface area contributed by atoms with Crippen molar-refractivity contribution in [2.45, 2.75) is 6.10 Å². The Bertz CT molecular complexity index is 330. The van der Waals surface area contributed by atoms with Crippen LogP contribution in [0.15, 0.2) is 0 Å². The smallest absolute Gasteiger partial charge is 0.237 e. The van der Waals surface area contributed by atoms with E-state index in [1.54, 1.807) is 0 Å². The Kier molecular flexibility index (Phi) is 4.36. The summed E-state index contributed by atoms with van der Waals surface area (Å²) >= 11 is 5.60. The molecule has 1 unspecified atom stereocenters. The summed E-state index contributed by atoms with van der Waals surface area (Å²) in [4.78, 5) is 13.0. The van der Waals surface area contributed by atoms with E-state index in [1.165, 1.54) is 4.90 Å². The maximum Gasteiger partial charge on any atom is 0.237 e. The lowest BCUT2D eigenvalue weighted by Crippen LogP contribution is -2.48. The van der Waals surface area contributed by atoms with Crippen LogP contribution in [0, 0.1) is 0 Å². The number of morpholine rings is 1. The number of alkyl halides is 1. The molecular formula is C8H14ClNO4S. The van der Waals surface area contributed by atoms with Crippen molar-refractivity contribution in [2.24, 2.45) is 0 Å². The van der Waals surface area contributed by atoms with Gasteiger partial charge in [0.2, 0.25) is 5.91 Å². The first-order valence-corrected chi connectivity index (χ1v) is 7.15. The van der Waals surface area contributed by atoms with Crippen LogP contribution in [0.25, 0.3) is 0 Å². The van der Waals surface area contributed by atoms with E-state index in [1.807, 2.05) is 0 Å². The lowest BCUT2D eigenvalue weighted by atomic mass is 10.3. The number of carbonyl (C=O) groups is 1.